The molecule has 4 rings (SSSR count). The molecular formula is C16H9F3N4O5S. The molecule has 0 atom stereocenters. The van der Waals surface area contributed by atoms with Crippen molar-refractivity contribution in [3.05, 3.63) is 58.9 Å². The Hall–Kier alpha value is -3.61. The number of hydrogen-bond acceptors (Lipinski definition) is 7. The molecule has 2 aromatic heterocycles. The highest BCUT2D eigenvalue weighted by Crippen LogP contribution is 2.30. The Kier molecular flexibility index (Phi) is 4.19. The summed E-state index contributed by atoms with van der Waals surface area (Å²) in [6, 6.07) is 9.15. The van der Waals surface area contributed by atoms with Crippen LogP contribution >= 0.6 is 0 Å². The SMILES string of the molecule is O=c1[nH]c2ccc(S(=O)(=O)Nc3ccc(-c4noc(C(F)(F)F)n4)cc3)cc2o1. The second-order valence-electron chi connectivity index (χ2n) is 5.78. The zero-order valence-electron chi connectivity index (χ0n) is 14.0. The molecule has 0 amide bonds. The average molecular weight is 426 g/mol. The monoisotopic (exact) mass is 426 g/mol. The molecule has 0 bridgehead atoms. The molecule has 9 nitrogen and oxygen atoms in total. The summed E-state index contributed by atoms with van der Waals surface area (Å²) >= 11 is 0. The fourth-order valence-electron chi connectivity index (χ4n) is 2.45. The van der Waals surface area contributed by atoms with Crippen LogP contribution in [0.1, 0.15) is 5.89 Å². The lowest BCUT2D eigenvalue weighted by Crippen LogP contribution is -2.12. The molecule has 2 heterocycles. The van der Waals surface area contributed by atoms with Gasteiger partial charge in [0.2, 0.25) is 5.82 Å². The number of oxazole rings is 1. The number of nitrogens with one attached hydrogen (secondary N) is 2. The highest BCUT2D eigenvalue weighted by molar-refractivity contribution is 7.92. The van der Waals surface area contributed by atoms with E-state index >= 15 is 0 Å². The van der Waals surface area contributed by atoms with Gasteiger partial charge in [-0.3, -0.25) is 9.71 Å². The van der Waals surface area contributed by atoms with Gasteiger partial charge in [-0.1, -0.05) is 5.16 Å². The van der Waals surface area contributed by atoms with E-state index in [9.17, 15) is 26.4 Å². The summed E-state index contributed by atoms with van der Waals surface area (Å²) in [7, 11) is -4.01. The van der Waals surface area contributed by atoms with Crippen LogP contribution in [0.25, 0.3) is 22.5 Å². The predicted molar refractivity (Wildman–Crippen MR) is 92.4 cm³/mol. The largest absolute Gasteiger partial charge is 0.471 e. The van der Waals surface area contributed by atoms with Gasteiger partial charge in [0.05, 0.1) is 10.4 Å². The molecule has 0 saturated carbocycles. The molecule has 0 saturated heterocycles. The summed E-state index contributed by atoms with van der Waals surface area (Å²) in [5, 5.41) is 3.25. The van der Waals surface area contributed by atoms with E-state index in [0.29, 0.717) is 5.52 Å². The minimum atomic E-state index is -4.76. The van der Waals surface area contributed by atoms with Gasteiger partial charge < -0.3 is 8.94 Å². The third-order valence-corrected chi connectivity index (χ3v) is 5.15. The van der Waals surface area contributed by atoms with Crippen molar-refractivity contribution in [2.75, 3.05) is 4.72 Å². The smallest absolute Gasteiger partial charge is 0.408 e. The lowest BCUT2D eigenvalue weighted by atomic mass is 10.2. The average Bonchev–Trinajstić information content (AvgIpc) is 3.27. The lowest BCUT2D eigenvalue weighted by molar-refractivity contribution is -0.159. The molecule has 29 heavy (non-hydrogen) atoms. The standard InChI is InChI=1S/C16H9F3N4O5S/c17-16(18,19)14-21-13(22-28-14)8-1-3-9(4-2-8)23-29(25,26)10-5-6-11-12(7-10)27-15(24)20-11/h1-7,23H,(H,20,24). The third-order valence-electron chi connectivity index (χ3n) is 3.77. The Balaban J connectivity index is 1.57. The first-order valence-corrected chi connectivity index (χ1v) is 9.27. The number of H-pyrrole nitrogens is 1. The van der Waals surface area contributed by atoms with Crippen molar-refractivity contribution in [1.82, 2.24) is 15.1 Å². The fraction of sp³-hybridized carbons (Fsp3) is 0.0625. The minimum absolute atomic E-state index is 0.0748. The maximum atomic E-state index is 12.5. The van der Waals surface area contributed by atoms with Crippen LogP contribution in [0.5, 0.6) is 0 Å². The van der Waals surface area contributed by atoms with Crippen molar-refractivity contribution in [3.63, 3.8) is 0 Å². The number of benzene rings is 2. The molecule has 2 aromatic carbocycles. The zero-order valence-corrected chi connectivity index (χ0v) is 14.8. The van der Waals surface area contributed by atoms with Crippen LogP contribution in [0.2, 0.25) is 0 Å². The number of anilines is 1. The number of aromatic amines is 1. The number of alkyl halides is 3. The summed E-state index contributed by atoms with van der Waals surface area (Å²) < 4.78 is 73.9. The van der Waals surface area contributed by atoms with Crippen LogP contribution < -0.4 is 10.5 Å². The second-order valence-corrected chi connectivity index (χ2v) is 7.46. The minimum Gasteiger partial charge on any atom is -0.408 e. The highest BCUT2D eigenvalue weighted by Gasteiger charge is 2.38. The molecule has 4 aromatic rings. The molecule has 0 radical (unpaired) electrons. The van der Waals surface area contributed by atoms with Gasteiger partial charge in [-0.05, 0) is 36.4 Å². The van der Waals surface area contributed by atoms with Crippen molar-refractivity contribution in [3.8, 4) is 11.4 Å². The Morgan fingerprint density at radius 1 is 1.07 bits per heavy atom. The van der Waals surface area contributed by atoms with Crippen LogP contribution in [0.15, 0.2) is 61.1 Å². The molecule has 0 fully saturated rings. The fourth-order valence-corrected chi connectivity index (χ4v) is 3.52. The summed E-state index contributed by atoms with van der Waals surface area (Å²) in [6.45, 7) is 0. The number of halogens is 3. The normalized spacial score (nSPS) is 12.4. The van der Waals surface area contributed by atoms with Gasteiger partial charge in [-0.2, -0.15) is 18.2 Å². The molecule has 0 aliphatic carbocycles. The summed E-state index contributed by atoms with van der Waals surface area (Å²) in [5.41, 5.74) is 0.758. The van der Waals surface area contributed by atoms with Gasteiger partial charge in [0.1, 0.15) is 0 Å². The number of nitrogens with zero attached hydrogens (tertiary/aromatic N) is 2. The van der Waals surface area contributed by atoms with Gasteiger partial charge in [-0.15, -0.1) is 0 Å². The summed E-state index contributed by atoms with van der Waals surface area (Å²) in [5.74, 6) is -2.49. The van der Waals surface area contributed by atoms with Crippen molar-refractivity contribution in [2.45, 2.75) is 11.1 Å². The van der Waals surface area contributed by atoms with Crippen molar-refractivity contribution >= 4 is 26.8 Å². The van der Waals surface area contributed by atoms with Gasteiger partial charge in [0.25, 0.3) is 10.0 Å². The summed E-state index contributed by atoms with van der Waals surface area (Å²) in [4.78, 5) is 16.7. The van der Waals surface area contributed by atoms with Gasteiger partial charge in [-0.25, -0.2) is 13.2 Å². The van der Waals surface area contributed by atoms with Crippen LogP contribution in [0.3, 0.4) is 0 Å². The van der Waals surface area contributed by atoms with Gasteiger partial charge in [0.15, 0.2) is 5.58 Å². The third kappa shape index (κ3) is 3.71. The molecule has 150 valence electrons. The topological polar surface area (TPSA) is 131 Å². The van der Waals surface area contributed by atoms with E-state index in [-0.39, 0.29) is 27.6 Å². The number of sulfonamides is 1. The maximum absolute atomic E-state index is 12.5. The van der Waals surface area contributed by atoms with Crippen LogP contribution in [0.4, 0.5) is 18.9 Å². The van der Waals surface area contributed by atoms with E-state index in [4.69, 9.17) is 4.42 Å². The second kappa shape index (κ2) is 6.48. The van der Waals surface area contributed by atoms with E-state index in [0.717, 1.165) is 0 Å². The first-order chi connectivity index (χ1) is 13.6. The summed E-state index contributed by atoms with van der Waals surface area (Å²) in [6.07, 6.45) is -4.76. The van der Waals surface area contributed by atoms with Gasteiger partial charge >= 0.3 is 17.8 Å². The van der Waals surface area contributed by atoms with Crippen molar-refractivity contribution < 1.29 is 30.5 Å². The van der Waals surface area contributed by atoms with E-state index in [1.807, 2.05) is 0 Å². The molecule has 0 aliphatic heterocycles. The van der Waals surface area contributed by atoms with Crippen molar-refractivity contribution in [2.24, 2.45) is 0 Å². The molecule has 0 spiro atoms. The number of hydrogen-bond donors (Lipinski definition) is 2. The Bertz CT molecular complexity index is 1350. The van der Waals surface area contributed by atoms with Crippen LogP contribution in [-0.2, 0) is 16.2 Å². The van der Waals surface area contributed by atoms with E-state index in [2.05, 4.69) is 24.4 Å². The first kappa shape index (κ1) is 18.7. The maximum Gasteiger partial charge on any atom is 0.471 e. The molecule has 0 unspecified atom stereocenters. The zero-order chi connectivity index (χ0) is 20.8. The first-order valence-electron chi connectivity index (χ1n) is 7.79. The van der Waals surface area contributed by atoms with E-state index in [1.165, 1.54) is 42.5 Å². The number of fused-ring (bicyclic) bond motifs is 1. The quantitative estimate of drug-likeness (QED) is 0.513. The predicted octanol–water partition coefficient (Wildman–Crippen LogP) is 2.99. The Morgan fingerprint density at radius 3 is 2.45 bits per heavy atom. The van der Waals surface area contributed by atoms with Crippen LogP contribution in [-0.4, -0.2) is 23.5 Å². The lowest BCUT2D eigenvalue weighted by Gasteiger charge is -2.08. The molecule has 13 heteroatoms. The van der Waals surface area contributed by atoms with Crippen LogP contribution in [0, 0.1) is 0 Å². The van der Waals surface area contributed by atoms with Crippen molar-refractivity contribution in [1.29, 1.82) is 0 Å². The molecule has 2 N–H and O–H groups in total. The highest BCUT2D eigenvalue weighted by atomic mass is 32.2. The van der Waals surface area contributed by atoms with E-state index < -0.39 is 27.8 Å². The molecule has 0 aliphatic rings. The van der Waals surface area contributed by atoms with E-state index in [1.54, 1.807) is 0 Å². The number of aromatic nitrogens is 3. The Labute approximate surface area is 159 Å². The van der Waals surface area contributed by atoms with Gasteiger partial charge in [0, 0.05) is 17.3 Å². The number of rotatable bonds is 4. The molecular weight excluding hydrogens is 417 g/mol. The Morgan fingerprint density at radius 2 is 1.79 bits per heavy atom.